The first-order chi connectivity index (χ1) is 19.4. The van der Waals surface area contributed by atoms with Gasteiger partial charge in [0, 0.05) is 18.3 Å². The van der Waals surface area contributed by atoms with Gasteiger partial charge in [0.2, 0.25) is 0 Å². The number of H-pyrrole nitrogens is 1. The highest BCUT2D eigenvalue weighted by Gasteiger charge is 2.29. The van der Waals surface area contributed by atoms with Crippen LogP contribution in [0.1, 0.15) is 21.6 Å². The van der Waals surface area contributed by atoms with Gasteiger partial charge in [0.1, 0.15) is 17.0 Å². The van der Waals surface area contributed by atoms with E-state index in [9.17, 15) is 14.4 Å². The Bertz CT molecular complexity index is 1850. The molecule has 2 amide bonds. The van der Waals surface area contributed by atoms with Crippen LogP contribution in [0.15, 0.2) is 94.7 Å². The van der Waals surface area contributed by atoms with Gasteiger partial charge in [0.15, 0.2) is 11.6 Å². The number of aliphatic imine (C=N–C) groups is 1. The lowest BCUT2D eigenvalue weighted by atomic mass is 10.1. The number of carbonyl (C=O) groups excluding carboxylic acids is 2. The Balaban J connectivity index is 1.43. The first-order valence-corrected chi connectivity index (χ1v) is 12.5. The molecular weight excluding hydrogens is 508 g/mol. The summed E-state index contributed by atoms with van der Waals surface area (Å²) in [6.45, 7) is 1.75. The monoisotopic (exact) mass is 532 g/mol. The minimum Gasteiger partial charge on any atom is -0.338 e. The Hall–Kier alpha value is -5.71. The second-order valence-electron chi connectivity index (χ2n) is 9.14. The van der Waals surface area contributed by atoms with Crippen LogP contribution in [0.3, 0.4) is 0 Å². The van der Waals surface area contributed by atoms with Gasteiger partial charge in [-0.2, -0.15) is 5.10 Å². The van der Waals surface area contributed by atoms with Crippen LogP contribution in [-0.2, 0) is 11.8 Å². The van der Waals surface area contributed by atoms with Crippen LogP contribution < -0.4 is 21.5 Å². The van der Waals surface area contributed by atoms with Crippen LogP contribution in [0.2, 0.25) is 0 Å². The van der Waals surface area contributed by atoms with Crippen LogP contribution in [-0.4, -0.2) is 37.1 Å². The maximum Gasteiger partial charge on any atom is 0.295 e. The molecule has 1 aliphatic rings. The summed E-state index contributed by atoms with van der Waals surface area (Å²) in [5, 5.41) is 15.7. The van der Waals surface area contributed by atoms with E-state index in [0.717, 1.165) is 0 Å². The zero-order valence-electron chi connectivity index (χ0n) is 21.6. The molecule has 3 aromatic carbocycles. The topological polar surface area (TPSA) is 138 Å². The largest absolute Gasteiger partial charge is 0.338 e. The van der Waals surface area contributed by atoms with Gasteiger partial charge in [-0.3, -0.25) is 24.2 Å². The molecule has 0 saturated heterocycles. The number of nitrogens with zero attached hydrogens (tertiary/aromatic N) is 4. The summed E-state index contributed by atoms with van der Waals surface area (Å²) in [6, 6.07) is 25.5. The highest BCUT2D eigenvalue weighted by molar-refractivity contribution is 6.54. The van der Waals surface area contributed by atoms with E-state index < -0.39 is 17.4 Å². The van der Waals surface area contributed by atoms with Crippen molar-refractivity contribution in [3.8, 4) is 5.69 Å². The summed E-state index contributed by atoms with van der Waals surface area (Å²) in [7, 11) is 1.74. The number of rotatable bonds is 6. The van der Waals surface area contributed by atoms with Gasteiger partial charge in [0.25, 0.3) is 17.4 Å². The maximum absolute atomic E-state index is 13.8. The second kappa shape index (κ2) is 9.87. The number of amides is 2. The fourth-order valence-electron chi connectivity index (χ4n) is 4.59. The number of anilines is 4. The molecule has 40 heavy (non-hydrogen) atoms. The van der Waals surface area contributed by atoms with Crippen LogP contribution >= 0.6 is 0 Å². The third-order valence-corrected chi connectivity index (χ3v) is 6.67. The molecule has 11 heteroatoms. The van der Waals surface area contributed by atoms with Crippen molar-refractivity contribution in [2.24, 2.45) is 12.0 Å². The van der Waals surface area contributed by atoms with E-state index in [1.807, 2.05) is 66.7 Å². The number of benzene rings is 3. The molecule has 0 spiro atoms. The number of para-hydroxylation sites is 3. The van der Waals surface area contributed by atoms with Crippen molar-refractivity contribution in [3.05, 3.63) is 112 Å². The van der Waals surface area contributed by atoms with E-state index in [-0.39, 0.29) is 28.6 Å². The van der Waals surface area contributed by atoms with Crippen molar-refractivity contribution in [1.82, 2.24) is 19.6 Å². The molecule has 0 unspecified atom stereocenters. The molecule has 1 aliphatic heterocycles. The molecule has 0 bridgehead atoms. The zero-order chi connectivity index (χ0) is 27.8. The number of nitrogens with one attached hydrogen (secondary N) is 4. The summed E-state index contributed by atoms with van der Waals surface area (Å²) in [5.41, 5.74) is 3.05. The Morgan fingerprint density at radius 1 is 0.925 bits per heavy atom. The van der Waals surface area contributed by atoms with Gasteiger partial charge in [0.05, 0.1) is 17.1 Å². The zero-order valence-corrected chi connectivity index (χ0v) is 21.6. The van der Waals surface area contributed by atoms with Crippen molar-refractivity contribution in [2.75, 3.05) is 16.0 Å². The van der Waals surface area contributed by atoms with Crippen molar-refractivity contribution in [2.45, 2.75) is 6.92 Å². The molecule has 2 aromatic heterocycles. The quantitative estimate of drug-likeness (QED) is 0.259. The highest BCUT2D eigenvalue weighted by atomic mass is 16.2. The Morgan fingerprint density at radius 3 is 2.35 bits per heavy atom. The molecule has 6 rings (SSSR count). The number of carbonyl (C=O) groups is 2. The molecule has 5 aromatic rings. The third kappa shape index (κ3) is 4.25. The molecule has 0 fully saturated rings. The van der Waals surface area contributed by atoms with Crippen LogP contribution in [0.4, 0.5) is 28.7 Å². The third-order valence-electron chi connectivity index (χ3n) is 6.67. The molecule has 3 heterocycles. The van der Waals surface area contributed by atoms with Gasteiger partial charge >= 0.3 is 0 Å². The molecule has 0 saturated carbocycles. The van der Waals surface area contributed by atoms with Crippen LogP contribution in [0.25, 0.3) is 5.69 Å². The van der Waals surface area contributed by atoms with Gasteiger partial charge in [-0.25, -0.2) is 9.67 Å². The normalized spacial score (nSPS) is 13.2. The molecule has 4 N–H and O–H groups in total. The number of hydrogen-bond donors (Lipinski definition) is 4. The average molecular weight is 533 g/mol. The summed E-state index contributed by atoms with van der Waals surface area (Å²) in [6.07, 6.45) is 0. The Morgan fingerprint density at radius 2 is 1.60 bits per heavy atom. The summed E-state index contributed by atoms with van der Waals surface area (Å²) >= 11 is 0. The highest BCUT2D eigenvalue weighted by Crippen LogP contribution is 2.31. The lowest BCUT2D eigenvalue weighted by Gasteiger charge is -2.08. The molecule has 0 aliphatic carbocycles. The summed E-state index contributed by atoms with van der Waals surface area (Å²) in [4.78, 5) is 44.5. The Labute approximate surface area is 228 Å². The van der Waals surface area contributed by atoms with E-state index in [2.05, 4.69) is 31.1 Å². The second-order valence-corrected chi connectivity index (χ2v) is 9.14. The van der Waals surface area contributed by atoms with E-state index in [4.69, 9.17) is 0 Å². The first-order valence-electron chi connectivity index (χ1n) is 12.5. The SMILES string of the molecule is Cc1c(NC(=O)c2c(Nc3ccccc3)n[nH]c2/N=C2/C(=O)Nc3ccccc32)c(=O)n(-c2ccccc2)n1C. The lowest BCUT2D eigenvalue weighted by Crippen LogP contribution is -2.23. The van der Waals surface area contributed by atoms with E-state index >= 15 is 0 Å². The van der Waals surface area contributed by atoms with Crippen molar-refractivity contribution < 1.29 is 9.59 Å². The van der Waals surface area contributed by atoms with Crippen LogP contribution in [0.5, 0.6) is 0 Å². The van der Waals surface area contributed by atoms with Gasteiger partial charge in [-0.15, -0.1) is 0 Å². The van der Waals surface area contributed by atoms with Crippen molar-refractivity contribution >= 4 is 46.2 Å². The molecule has 0 radical (unpaired) electrons. The number of aromatic amines is 1. The lowest BCUT2D eigenvalue weighted by molar-refractivity contribution is -0.110. The maximum atomic E-state index is 13.8. The average Bonchev–Trinajstić information content (AvgIpc) is 3.58. The molecule has 11 nitrogen and oxygen atoms in total. The minimum absolute atomic E-state index is 0.0439. The molecule has 198 valence electrons. The number of hydrogen-bond acceptors (Lipinski definition) is 6. The molecule has 0 atom stereocenters. The van der Waals surface area contributed by atoms with E-state index in [0.29, 0.717) is 28.3 Å². The van der Waals surface area contributed by atoms with Crippen molar-refractivity contribution in [3.63, 3.8) is 0 Å². The summed E-state index contributed by atoms with van der Waals surface area (Å²) < 4.78 is 3.15. The first kappa shape index (κ1) is 24.6. The fourth-order valence-corrected chi connectivity index (χ4v) is 4.59. The van der Waals surface area contributed by atoms with Crippen LogP contribution in [0, 0.1) is 6.92 Å². The van der Waals surface area contributed by atoms with Gasteiger partial charge in [-0.05, 0) is 37.3 Å². The predicted octanol–water partition coefficient (Wildman–Crippen LogP) is 4.28. The fraction of sp³-hybridized carbons (Fsp3) is 0.0690. The van der Waals surface area contributed by atoms with Gasteiger partial charge < -0.3 is 16.0 Å². The molecular formula is C29H24N8O3. The standard InChI is InChI=1S/C29H24N8O3/c1-17-23(29(40)37(36(17)2)19-13-7-4-8-14-19)33-27(38)22-25(30-18-11-5-3-6-12-18)34-35-26(22)32-24-20-15-9-10-16-21(20)31-28(24)39/h3-16H,1-2H3,(H,33,38)(H3,30,31,32,34,35,39). The number of fused-ring (bicyclic) bond motifs is 1. The Kier molecular flexibility index (Phi) is 6.08. The van der Waals surface area contributed by atoms with E-state index in [1.165, 1.54) is 4.68 Å². The van der Waals surface area contributed by atoms with Crippen molar-refractivity contribution in [1.29, 1.82) is 0 Å². The van der Waals surface area contributed by atoms with E-state index in [1.54, 1.807) is 36.9 Å². The van der Waals surface area contributed by atoms with Gasteiger partial charge in [-0.1, -0.05) is 54.6 Å². The number of aromatic nitrogens is 4. The minimum atomic E-state index is -0.621. The predicted molar refractivity (Wildman–Crippen MR) is 153 cm³/mol. The summed E-state index contributed by atoms with van der Waals surface area (Å²) in [5.74, 6) is -0.768. The smallest absolute Gasteiger partial charge is 0.295 e.